The maximum absolute atomic E-state index is 13.4. The van der Waals surface area contributed by atoms with Crippen LogP contribution in [-0.2, 0) is 0 Å². The quantitative estimate of drug-likeness (QED) is 0.669. The van der Waals surface area contributed by atoms with Crippen LogP contribution in [0.15, 0.2) is 12.1 Å². The highest BCUT2D eigenvalue weighted by atomic mass is 19.1. The molecule has 0 saturated carbocycles. The number of carbonyl (C=O) groups is 1. The Bertz CT molecular complexity index is 391. The van der Waals surface area contributed by atoms with Crippen molar-refractivity contribution in [1.29, 1.82) is 0 Å². The smallest absolute Gasteiger partial charge is 0.337 e. The molecule has 0 aliphatic rings. The number of carboxylic acid groups (broad SMARTS) is 1. The summed E-state index contributed by atoms with van der Waals surface area (Å²) in [6.07, 6.45) is 0. The highest BCUT2D eigenvalue weighted by Gasteiger charge is 2.13. The van der Waals surface area contributed by atoms with Crippen molar-refractivity contribution in [2.45, 2.75) is 19.9 Å². The predicted molar refractivity (Wildman–Crippen MR) is 56.5 cm³/mol. The third kappa shape index (κ3) is 2.59. The molecule has 0 bridgehead atoms. The summed E-state index contributed by atoms with van der Waals surface area (Å²) in [4.78, 5) is 10.6. The molecule has 0 fully saturated rings. The molecule has 1 rings (SSSR count). The second-order valence-electron chi connectivity index (χ2n) is 3.52. The van der Waals surface area contributed by atoms with E-state index in [2.05, 4.69) is 5.32 Å². The molecule has 0 aromatic heterocycles. The zero-order chi connectivity index (χ0) is 11.6. The lowest BCUT2D eigenvalue weighted by Crippen LogP contribution is -2.12. The molecule has 0 spiro atoms. The first-order valence-corrected chi connectivity index (χ1v) is 4.50. The van der Waals surface area contributed by atoms with Crippen LogP contribution in [0, 0.1) is 5.82 Å². The molecule has 82 valence electrons. The van der Waals surface area contributed by atoms with Crippen LogP contribution < -0.4 is 11.1 Å². The highest BCUT2D eigenvalue weighted by molar-refractivity contribution is 5.94. The van der Waals surface area contributed by atoms with Gasteiger partial charge in [-0.05, 0) is 26.0 Å². The maximum Gasteiger partial charge on any atom is 0.337 e. The number of nitrogens with two attached hydrogens (primary N) is 1. The molecule has 1 aromatic rings. The third-order valence-electron chi connectivity index (χ3n) is 1.81. The van der Waals surface area contributed by atoms with Gasteiger partial charge in [-0.15, -0.1) is 0 Å². The van der Waals surface area contributed by atoms with Gasteiger partial charge in [-0.2, -0.15) is 0 Å². The molecule has 0 amide bonds. The number of aromatic carboxylic acids is 1. The Hall–Kier alpha value is -1.78. The van der Waals surface area contributed by atoms with Crippen molar-refractivity contribution in [3.63, 3.8) is 0 Å². The number of hydrogen-bond acceptors (Lipinski definition) is 3. The zero-order valence-corrected chi connectivity index (χ0v) is 8.54. The number of benzene rings is 1. The minimum Gasteiger partial charge on any atom is -0.478 e. The summed E-state index contributed by atoms with van der Waals surface area (Å²) >= 11 is 0. The molecule has 0 unspecified atom stereocenters. The van der Waals surface area contributed by atoms with Gasteiger partial charge in [0.1, 0.15) is 5.82 Å². The molecule has 15 heavy (non-hydrogen) atoms. The Balaban J connectivity index is 3.13. The van der Waals surface area contributed by atoms with Gasteiger partial charge in [-0.1, -0.05) is 0 Å². The van der Waals surface area contributed by atoms with E-state index in [4.69, 9.17) is 10.8 Å². The minimum absolute atomic E-state index is 0.0482. The van der Waals surface area contributed by atoms with E-state index < -0.39 is 11.8 Å². The zero-order valence-electron chi connectivity index (χ0n) is 8.54. The van der Waals surface area contributed by atoms with Crippen LogP contribution >= 0.6 is 0 Å². The first-order chi connectivity index (χ1) is 6.91. The van der Waals surface area contributed by atoms with Gasteiger partial charge in [0.25, 0.3) is 0 Å². The normalized spacial score (nSPS) is 10.4. The van der Waals surface area contributed by atoms with Crippen LogP contribution in [-0.4, -0.2) is 17.1 Å². The lowest BCUT2D eigenvalue weighted by Gasteiger charge is -2.12. The van der Waals surface area contributed by atoms with Gasteiger partial charge < -0.3 is 16.2 Å². The fourth-order valence-electron chi connectivity index (χ4n) is 1.20. The summed E-state index contributed by atoms with van der Waals surface area (Å²) in [7, 11) is 0. The number of nitrogen functional groups attached to an aromatic ring is 1. The topological polar surface area (TPSA) is 75.3 Å². The van der Waals surface area contributed by atoms with E-state index >= 15 is 0 Å². The molecular formula is C10H13FN2O2. The molecule has 0 radical (unpaired) electrons. The standard InChI is InChI=1S/C10H13FN2O2/c1-5(2)13-9-4-8(12)6(10(14)15)3-7(9)11/h3-5,13H,12H2,1-2H3,(H,14,15). The van der Waals surface area contributed by atoms with E-state index in [1.807, 2.05) is 13.8 Å². The van der Waals surface area contributed by atoms with Gasteiger partial charge in [0.15, 0.2) is 0 Å². The van der Waals surface area contributed by atoms with Gasteiger partial charge in [0.2, 0.25) is 0 Å². The SMILES string of the molecule is CC(C)Nc1cc(N)c(C(=O)O)cc1F. The molecule has 0 aliphatic heterocycles. The first kappa shape index (κ1) is 11.3. The van der Waals surface area contributed by atoms with E-state index in [1.165, 1.54) is 6.07 Å². The molecule has 1 aromatic carbocycles. The van der Waals surface area contributed by atoms with Crippen LogP contribution in [0.4, 0.5) is 15.8 Å². The number of hydrogen-bond donors (Lipinski definition) is 3. The van der Waals surface area contributed by atoms with Crippen LogP contribution in [0.3, 0.4) is 0 Å². The molecule has 4 N–H and O–H groups in total. The summed E-state index contributed by atoms with van der Waals surface area (Å²) in [6, 6.07) is 2.26. The van der Waals surface area contributed by atoms with Gasteiger partial charge in [0.05, 0.1) is 11.3 Å². The summed E-state index contributed by atoms with van der Waals surface area (Å²) in [5.74, 6) is -1.85. The molecule has 0 aliphatic carbocycles. The summed E-state index contributed by atoms with van der Waals surface area (Å²) < 4.78 is 13.4. The van der Waals surface area contributed by atoms with Crippen LogP contribution in [0.2, 0.25) is 0 Å². The molecule has 5 heteroatoms. The summed E-state index contributed by atoms with van der Waals surface area (Å²) in [6.45, 7) is 3.70. The second kappa shape index (κ2) is 4.16. The summed E-state index contributed by atoms with van der Waals surface area (Å²) in [5, 5.41) is 11.5. The van der Waals surface area contributed by atoms with Crippen molar-refractivity contribution >= 4 is 17.3 Å². The average molecular weight is 212 g/mol. The number of carboxylic acids is 1. The predicted octanol–water partition coefficient (Wildman–Crippen LogP) is 1.93. The molecule has 0 atom stereocenters. The number of halogens is 1. The van der Waals surface area contributed by atoms with Crippen molar-refractivity contribution in [3.8, 4) is 0 Å². The monoisotopic (exact) mass is 212 g/mol. The van der Waals surface area contributed by atoms with E-state index in [1.54, 1.807) is 0 Å². The van der Waals surface area contributed by atoms with Crippen molar-refractivity contribution < 1.29 is 14.3 Å². The van der Waals surface area contributed by atoms with E-state index in [9.17, 15) is 9.18 Å². The Kier molecular flexibility index (Phi) is 3.14. The van der Waals surface area contributed by atoms with E-state index in [0.717, 1.165) is 6.07 Å². The molecule has 0 heterocycles. The average Bonchev–Trinajstić information content (AvgIpc) is 2.09. The summed E-state index contributed by atoms with van der Waals surface area (Å²) in [5.41, 5.74) is 5.52. The maximum atomic E-state index is 13.4. The molecule has 0 saturated heterocycles. The van der Waals surface area contributed by atoms with Crippen molar-refractivity contribution in [3.05, 3.63) is 23.5 Å². The fraction of sp³-hybridized carbons (Fsp3) is 0.300. The highest BCUT2D eigenvalue weighted by Crippen LogP contribution is 2.22. The van der Waals surface area contributed by atoms with Gasteiger partial charge in [-0.3, -0.25) is 0 Å². The fourth-order valence-corrected chi connectivity index (χ4v) is 1.20. The Morgan fingerprint density at radius 3 is 2.60 bits per heavy atom. The Morgan fingerprint density at radius 2 is 2.13 bits per heavy atom. The van der Waals surface area contributed by atoms with Crippen molar-refractivity contribution in [2.75, 3.05) is 11.1 Å². The lowest BCUT2D eigenvalue weighted by molar-refractivity contribution is 0.0697. The Morgan fingerprint density at radius 1 is 1.53 bits per heavy atom. The van der Waals surface area contributed by atoms with Crippen molar-refractivity contribution in [1.82, 2.24) is 0 Å². The van der Waals surface area contributed by atoms with Gasteiger partial charge in [-0.25, -0.2) is 9.18 Å². The van der Waals surface area contributed by atoms with Crippen molar-refractivity contribution in [2.24, 2.45) is 0 Å². The minimum atomic E-state index is -1.23. The van der Waals surface area contributed by atoms with Crippen LogP contribution in [0.5, 0.6) is 0 Å². The number of nitrogens with one attached hydrogen (secondary N) is 1. The second-order valence-corrected chi connectivity index (χ2v) is 3.52. The largest absolute Gasteiger partial charge is 0.478 e. The number of anilines is 2. The molecule has 4 nitrogen and oxygen atoms in total. The number of rotatable bonds is 3. The van der Waals surface area contributed by atoms with Crippen LogP contribution in [0.25, 0.3) is 0 Å². The lowest BCUT2D eigenvalue weighted by atomic mass is 10.1. The first-order valence-electron chi connectivity index (χ1n) is 4.50. The van der Waals surface area contributed by atoms with Crippen LogP contribution in [0.1, 0.15) is 24.2 Å². The van der Waals surface area contributed by atoms with Gasteiger partial charge in [0, 0.05) is 11.7 Å². The van der Waals surface area contributed by atoms with E-state index in [-0.39, 0.29) is 23.0 Å². The van der Waals surface area contributed by atoms with E-state index in [0.29, 0.717) is 0 Å². The van der Waals surface area contributed by atoms with Gasteiger partial charge >= 0.3 is 5.97 Å². The third-order valence-corrected chi connectivity index (χ3v) is 1.81. The Labute approximate surface area is 86.9 Å². The molecular weight excluding hydrogens is 199 g/mol.